The van der Waals surface area contributed by atoms with Crippen LogP contribution >= 0.6 is 0 Å². The minimum Gasteiger partial charge on any atom is -0.486 e. The van der Waals surface area contributed by atoms with Crippen molar-refractivity contribution in [2.75, 3.05) is 24.7 Å². The Morgan fingerprint density at radius 2 is 2.00 bits per heavy atom. The van der Waals surface area contributed by atoms with Gasteiger partial charge < -0.3 is 14.4 Å². The lowest BCUT2D eigenvalue weighted by Gasteiger charge is -2.29. The number of anilines is 1. The Bertz CT molecular complexity index is 1180. The summed E-state index contributed by atoms with van der Waals surface area (Å²) in [7, 11) is 0. The van der Waals surface area contributed by atoms with Gasteiger partial charge in [-0.05, 0) is 31.0 Å². The summed E-state index contributed by atoms with van der Waals surface area (Å²) >= 11 is 0. The van der Waals surface area contributed by atoms with E-state index >= 15 is 0 Å². The standard InChI is InChI=1S/C20H18N4O5/c25-20-17(24(26)27)19(21-16-8-1-2-9-23(16)20)22-10-4-6-14(22)13-5-3-7-15-18(13)29-12-11-28-15/h1-3,5,7-9,14H,4,6,10-12H2. The topological polar surface area (TPSA) is 99.2 Å². The van der Waals surface area contributed by atoms with Crippen LogP contribution in [-0.4, -0.2) is 34.1 Å². The maximum Gasteiger partial charge on any atom is 0.376 e. The lowest BCUT2D eigenvalue weighted by atomic mass is 10.0. The van der Waals surface area contributed by atoms with E-state index in [0.29, 0.717) is 36.9 Å². The first kappa shape index (κ1) is 17.5. The molecule has 0 N–H and O–H groups in total. The van der Waals surface area contributed by atoms with Crippen LogP contribution in [-0.2, 0) is 0 Å². The lowest BCUT2D eigenvalue weighted by molar-refractivity contribution is -0.385. The maximum atomic E-state index is 12.8. The Morgan fingerprint density at radius 3 is 2.86 bits per heavy atom. The Hall–Kier alpha value is -3.62. The first-order chi connectivity index (χ1) is 14.1. The molecule has 0 spiro atoms. The van der Waals surface area contributed by atoms with Gasteiger partial charge in [-0.2, -0.15) is 0 Å². The predicted molar refractivity (Wildman–Crippen MR) is 105 cm³/mol. The molecule has 2 aliphatic rings. The molecule has 9 nitrogen and oxygen atoms in total. The smallest absolute Gasteiger partial charge is 0.376 e. The van der Waals surface area contributed by atoms with Gasteiger partial charge in [-0.15, -0.1) is 0 Å². The number of fused-ring (bicyclic) bond motifs is 2. The van der Waals surface area contributed by atoms with E-state index in [2.05, 4.69) is 4.98 Å². The van der Waals surface area contributed by atoms with E-state index in [-0.39, 0.29) is 11.9 Å². The summed E-state index contributed by atoms with van der Waals surface area (Å²) in [5.41, 5.74) is 0.0703. The zero-order valence-corrected chi connectivity index (χ0v) is 15.5. The van der Waals surface area contributed by atoms with E-state index in [4.69, 9.17) is 9.47 Å². The third-order valence-corrected chi connectivity index (χ3v) is 5.36. The van der Waals surface area contributed by atoms with Gasteiger partial charge in [-0.1, -0.05) is 18.2 Å². The van der Waals surface area contributed by atoms with Gasteiger partial charge in [0, 0.05) is 18.3 Å². The summed E-state index contributed by atoms with van der Waals surface area (Å²) in [4.78, 5) is 30.3. The highest BCUT2D eigenvalue weighted by Gasteiger charge is 2.37. The first-order valence-electron chi connectivity index (χ1n) is 9.46. The molecule has 0 radical (unpaired) electrons. The van der Waals surface area contributed by atoms with Crippen molar-refractivity contribution in [3.05, 3.63) is 68.6 Å². The molecule has 0 saturated carbocycles. The van der Waals surface area contributed by atoms with E-state index < -0.39 is 16.2 Å². The van der Waals surface area contributed by atoms with Gasteiger partial charge in [0.1, 0.15) is 18.9 Å². The number of nitro groups is 1. The molecule has 4 heterocycles. The SMILES string of the molecule is O=c1c([N+](=O)[O-])c(N2CCCC2c2cccc3c2OCCO3)nc2ccccn12. The maximum absolute atomic E-state index is 12.8. The molecule has 1 unspecified atom stereocenters. The van der Waals surface area contributed by atoms with Crippen LogP contribution in [0.3, 0.4) is 0 Å². The number of hydrogen-bond donors (Lipinski definition) is 0. The highest BCUT2D eigenvalue weighted by molar-refractivity contribution is 5.64. The molecule has 29 heavy (non-hydrogen) atoms. The number of ether oxygens (including phenoxy) is 2. The predicted octanol–water partition coefficient (Wildman–Crippen LogP) is 2.72. The highest BCUT2D eigenvalue weighted by atomic mass is 16.6. The molecule has 3 aromatic rings. The van der Waals surface area contributed by atoms with Crippen molar-refractivity contribution in [3.63, 3.8) is 0 Å². The van der Waals surface area contributed by atoms with Gasteiger partial charge in [0.05, 0.1) is 11.0 Å². The lowest BCUT2D eigenvalue weighted by Crippen LogP contribution is -2.29. The Kier molecular flexibility index (Phi) is 4.08. The minimum absolute atomic E-state index is 0.100. The van der Waals surface area contributed by atoms with E-state index in [1.54, 1.807) is 18.2 Å². The normalized spacial score (nSPS) is 18.2. The fourth-order valence-electron chi connectivity index (χ4n) is 4.13. The summed E-state index contributed by atoms with van der Waals surface area (Å²) in [5.74, 6) is 1.43. The minimum atomic E-state index is -0.684. The molecule has 0 amide bonds. The zero-order valence-electron chi connectivity index (χ0n) is 15.5. The van der Waals surface area contributed by atoms with Crippen LogP contribution in [0.25, 0.3) is 5.65 Å². The number of aromatic nitrogens is 2. The zero-order chi connectivity index (χ0) is 20.0. The summed E-state index contributed by atoms with van der Waals surface area (Å²) in [5, 5.41) is 11.8. The molecule has 0 aliphatic carbocycles. The molecule has 5 rings (SSSR count). The summed E-state index contributed by atoms with van der Waals surface area (Å²) < 4.78 is 12.7. The number of hydrogen-bond acceptors (Lipinski definition) is 7. The molecule has 148 valence electrons. The van der Waals surface area contributed by atoms with Crippen LogP contribution in [0.2, 0.25) is 0 Å². The largest absolute Gasteiger partial charge is 0.486 e. The molecule has 0 bridgehead atoms. The monoisotopic (exact) mass is 394 g/mol. The fraction of sp³-hybridized carbons (Fsp3) is 0.300. The van der Waals surface area contributed by atoms with Crippen molar-refractivity contribution in [2.24, 2.45) is 0 Å². The van der Waals surface area contributed by atoms with Gasteiger partial charge >= 0.3 is 11.2 Å². The second kappa shape index (κ2) is 6.77. The van der Waals surface area contributed by atoms with Crippen LogP contribution < -0.4 is 19.9 Å². The van der Waals surface area contributed by atoms with Crippen LogP contribution in [0.5, 0.6) is 11.5 Å². The molecule has 1 saturated heterocycles. The quantitative estimate of drug-likeness (QED) is 0.497. The van der Waals surface area contributed by atoms with Gasteiger partial charge in [-0.25, -0.2) is 4.98 Å². The van der Waals surface area contributed by atoms with Crippen molar-refractivity contribution < 1.29 is 14.4 Å². The number of pyridine rings is 1. The van der Waals surface area contributed by atoms with E-state index in [1.807, 2.05) is 23.1 Å². The van der Waals surface area contributed by atoms with Gasteiger partial charge in [0.2, 0.25) is 5.82 Å². The van der Waals surface area contributed by atoms with Crippen molar-refractivity contribution >= 4 is 17.2 Å². The van der Waals surface area contributed by atoms with Crippen LogP contribution in [0.1, 0.15) is 24.4 Å². The molecule has 2 aromatic heterocycles. The molecule has 9 heteroatoms. The van der Waals surface area contributed by atoms with E-state index in [9.17, 15) is 14.9 Å². The average Bonchev–Trinajstić information content (AvgIpc) is 3.22. The molecule has 1 atom stereocenters. The van der Waals surface area contributed by atoms with E-state index in [1.165, 1.54) is 10.6 Å². The number of nitrogens with zero attached hydrogens (tertiary/aromatic N) is 4. The fourth-order valence-corrected chi connectivity index (χ4v) is 4.13. The van der Waals surface area contributed by atoms with Crippen molar-refractivity contribution in [1.29, 1.82) is 0 Å². The van der Waals surface area contributed by atoms with E-state index in [0.717, 1.165) is 18.4 Å². The number of para-hydroxylation sites is 1. The number of rotatable bonds is 3. The molecule has 1 fully saturated rings. The van der Waals surface area contributed by atoms with Crippen molar-refractivity contribution in [2.45, 2.75) is 18.9 Å². The number of benzene rings is 1. The highest BCUT2D eigenvalue weighted by Crippen LogP contribution is 2.45. The molecular formula is C20H18N4O5. The Balaban J connectivity index is 1.68. The first-order valence-corrected chi connectivity index (χ1v) is 9.46. The van der Waals surface area contributed by atoms with Crippen LogP contribution in [0.15, 0.2) is 47.4 Å². The van der Waals surface area contributed by atoms with Gasteiger partial charge in [-0.3, -0.25) is 19.3 Å². The molecule has 2 aliphatic heterocycles. The van der Waals surface area contributed by atoms with Crippen LogP contribution in [0, 0.1) is 10.1 Å². The average molecular weight is 394 g/mol. The van der Waals surface area contributed by atoms with Crippen LogP contribution in [0.4, 0.5) is 11.5 Å². The summed E-state index contributed by atoms with van der Waals surface area (Å²) in [6.07, 6.45) is 3.08. The van der Waals surface area contributed by atoms with Crippen molar-refractivity contribution in [1.82, 2.24) is 9.38 Å². The third-order valence-electron chi connectivity index (χ3n) is 5.36. The molecule has 1 aromatic carbocycles. The summed E-state index contributed by atoms with van der Waals surface area (Å²) in [6, 6.07) is 10.5. The van der Waals surface area contributed by atoms with Crippen molar-refractivity contribution in [3.8, 4) is 11.5 Å². The van der Waals surface area contributed by atoms with Gasteiger partial charge in [0.15, 0.2) is 11.5 Å². The second-order valence-electron chi connectivity index (χ2n) is 7.00. The Labute approximate surface area is 165 Å². The Morgan fingerprint density at radius 1 is 1.14 bits per heavy atom. The summed E-state index contributed by atoms with van der Waals surface area (Å²) in [6.45, 7) is 1.50. The van der Waals surface area contributed by atoms with Gasteiger partial charge in [0.25, 0.3) is 0 Å². The third kappa shape index (κ3) is 2.77. The molecular weight excluding hydrogens is 376 g/mol. The second-order valence-corrected chi connectivity index (χ2v) is 7.00.